The van der Waals surface area contributed by atoms with E-state index in [-0.39, 0.29) is 12.5 Å². The average molecular weight is 354 g/mol. The SMILES string of the molecule is CC(C(=O)O)N(C)CC(=O)N1CCN(Cc2cccc(Cl)c2)CC1. The van der Waals surface area contributed by atoms with Crippen LogP contribution in [-0.4, -0.2) is 77.5 Å². The molecule has 132 valence electrons. The molecular weight excluding hydrogens is 330 g/mol. The number of nitrogens with zero attached hydrogens (tertiary/aromatic N) is 3. The number of piperazine rings is 1. The van der Waals surface area contributed by atoms with Gasteiger partial charge in [0.25, 0.3) is 0 Å². The maximum Gasteiger partial charge on any atom is 0.320 e. The second-order valence-electron chi connectivity index (χ2n) is 6.22. The Balaban J connectivity index is 1.79. The molecule has 0 bridgehead atoms. The Bertz CT molecular complexity index is 588. The summed E-state index contributed by atoms with van der Waals surface area (Å²) in [4.78, 5) is 28.9. The minimum atomic E-state index is -0.920. The summed E-state index contributed by atoms with van der Waals surface area (Å²) in [7, 11) is 1.66. The lowest BCUT2D eigenvalue weighted by Crippen LogP contribution is -2.51. The Kier molecular flexibility index (Phi) is 6.60. The average Bonchev–Trinajstić information content (AvgIpc) is 2.54. The minimum Gasteiger partial charge on any atom is -0.480 e. The summed E-state index contributed by atoms with van der Waals surface area (Å²) in [5, 5.41) is 9.72. The summed E-state index contributed by atoms with van der Waals surface area (Å²) >= 11 is 6.01. The highest BCUT2D eigenvalue weighted by molar-refractivity contribution is 6.30. The number of likely N-dealkylation sites (N-methyl/N-ethyl adjacent to an activating group) is 1. The Morgan fingerprint density at radius 1 is 1.29 bits per heavy atom. The third-order valence-corrected chi connectivity index (χ3v) is 4.66. The highest BCUT2D eigenvalue weighted by Crippen LogP contribution is 2.14. The van der Waals surface area contributed by atoms with Gasteiger partial charge in [0.1, 0.15) is 6.04 Å². The van der Waals surface area contributed by atoms with Crippen molar-refractivity contribution < 1.29 is 14.7 Å². The van der Waals surface area contributed by atoms with Gasteiger partial charge in [0.15, 0.2) is 0 Å². The largest absolute Gasteiger partial charge is 0.480 e. The van der Waals surface area contributed by atoms with Gasteiger partial charge in [0.05, 0.1) is 6.54 Å². The van der Waals surface area contributed by atoms with Gasteiger partial charge in [-0.1, -0.05) is 23.7 Å². The van der Waals surface area contributed by atoms with Crippen molar-refractivity contribution >= 4 is 23.5 Å². The number of hydrogen-bond acceptors (Lipinski definition) is 4. The molecule has 24 heavy (non-hydrogen) atoms. The summed E-state index contributed by atoms with van der Waals surface area (Å²) in [6.45, 7) is 5.45. The Morgan fingerprint density at radius 3 is 2.54 bits per heavy atom. The van der Waals surface area contributed by atoms with Gasteiger partial charge in [0.2, 0.25) is 5.91 Å². The molecule has 1 unspecified atom stereocenters. The van der Waals surface area contributed by atoms with Gasteiger partial charge in [-0.25, -0.2) is 0 Å². The molecule has 1 atom stereocenters. The van der Waals surface area contributed by atoms with Crippen LogP contribution >= 0.6 is 11.6 Å². The molecule has 1 aliphatic heterocycles. The number of carboxylic acid groups (broad SMARTS) is 1. The molecule has 1 N–H and O–H groups in total. The van der Waals surface area contributed by atoms with Gasteiger partial charge in [-0.3, -0.25) is 19.4 Å². The molecule has 2 rings (SSSR count). The maximum absolute atomic E-state index is 12.3. The van der Waals surface area contributed by atoms with Gasteiger partial charge in [-0.2, -0.15) is 0 Å². The van der Waals surface area contributed by atoms with Crippen molar-refractivity contribution in [1.29, 1.82) is 0 Å². The molecule has 0 spiro atoms. The summed E-state index contributed by atoms with van der Waals surface area (Å²) in [5.74, 6) is -0.940. The fourth-order valence-electron chi connectivity index (χ4n) is 2.69. The van der Waals surface area contributed by atoms with Crippen LogP contribution in [-0.2, 0) is 16.1 Å². The van der Waals surface area contributed by atoms with Gasteiger partial charge in [-0.05, 0) is 31.7 Å². The van der Waals surface area contributed by atoms with E-state index < -0.39 is 12.0 Å². The summed E-state index contributed by atoms with van der Waals surface area (Å²) in [6.07, 6.45) is 0. The topological polar surface area (TPSA) is 64.1 Å². The zero-order valence-corrected chi connectivity index (χ0v) is 14.9. The smallest absolute Gasteiger partial charge is 0.320 e. The minimum absolute atomic E-state index is 0.0204. The first-order valence-corrected chi connectivity index (χ1v) is 8.42. The van der Waals surface area contributed by atoms with Gasteiger partial charge >= 0.3 is 5.97 Å². The highest BCUT2D eigenvalue weighted by atomic mass is 35.5. The first-order chi connectivity index (χ1) is 11.4. The predicted molar refractivity (Wildman–Crippen MR) is 93.0 cm³/mol. The fraction of sp³-hybridized carbons (Fsp3) is 0.529. The number of carboxylic acids is 1. The lowest BCUT2D eigenvalue weighted by Gasteiger charge is -2.35. The van der Waals surface area contributed by atoms with Crippen LogP contribution in [0.1, 0.15) is 12.5 Å². The number of amides is 1. The van der Waals surface area contributed by atoms with Crippen molar-refractivity contribution in [3.63, 3.8) is 0 Å². The van der Waals surface area contributed by atoms with E-state index in [0.717, 1.165) is 30.2 Å². The van der Waals surface area contributed by atoms with E-state index in [9.17, 15) is 9.59 Å². The lowest BCUT2D eigenvalue weighted by atomic mass is 10.2. The van der Waals surface area contributed by atoms with Crippen LogP contribution in [0, 0.1) is 0 Å². The zero-order valence-electron chi connectivity index (χ0n) is 14.1. The third-order valence-electron chi connectivity index (χ3n) is 4.42. The molecule has 0 aliphatic carbocycles. The molecule has 1 aromatic rings. The Morgan fingerprint density at radius 2 is 1.96 bits per heavy atom. The molecule has 0 radical (unpaired) electrons. The van der Waals surface area contributed by atoms with Crippen LogP contribution < -0.4 is 0 Å². The van der Waals surface area contributed by atoms with Crippen molar-refractivity contribution in [2.24, 2.45) is 0 Å². The first-order valence-electron chi connectivity index (χ1n) is 8.04. The van der Waals surface area contributed by atoms with Crippen molar-refractivity contribution in [1.82, 2.24) is 14.7 Å². The van der Waals surface area contributed by atoms with Crippen molar-refractivity contribution in [3.05, 3.63) is 34.9 Å². The highest BCUT2D eigenvalue weighted by Gasteiger charge is 2.25. The van der Waals surface area contributed by atoms with Crippen LogP contribution in [0.2, 0.25) is 5.02 Å². The Labute approximate surface area is 147 Å². The molecule has 7 heteroatoms. The van der Waals surface area contributed by atoms with Crippen LogP contribution in [0.3, 0.4) is 0 Å². The van der Waals surface area contributed by atoms with Gasteiger partial charge < -0.3 is 10.0 Å². The normalized spacial score (nSPS) is 17.1. The lowest BCUT2D eigenvalue weighted by molar-refractivity contribution is -0.143. The van der Waals surface area contributed by atoms with Crippen LogP contribution in [0.4, 0.5) is 0 Å². The molecule has 6 nitrogen and oxygen atoms in total. The molecule has 0 aromatic heterocycles. The second-order valence-corrected chi connectivity index (χ2v) is 6.65. The molecule has 1 saturated heterocycles. The number of benzene rings is 1. The number of aliphatic carboxylic acids is 1. The van der Waals surface area contributed by atoms with Crippen molar-refractivity contribution in [2.45, 2.75) is 19.5 Å². The van der Waals surface area contributed by atoms with E-state index in [1.165, 1.54) is 0 Å². The molecule has 1 aromatic carbocycles. The number of rotatable bonds is 6. The van der Waals surface area contributed by atoms with Crippen LogP contribution in [0.5, 0.6) is 0 Å². The number of hydrogen-bond donors (Lipinski definition) is 1. The third kappa shape index (κ3) is 5.19. The van der Waals surface area contributed by atoms with E-state index >= 15 is 0 Å². The molecular formula is C17H24ClN3O3. The van der Waals surface area contributed by atoms with E-state index in [4.69, 9.17) is 16.7 Å². The van der Waals surface area contributed by atoms with E-state index in [2.05, 4.69) is 4.90 Å². The Hall–Kier alpha value is -1.63. The standard InChI is InChI=1S/C17H24ClN3O3/c1-13(17(23)24)19(2)12-16(22)21-8-6-20(7-9-21)11-14-4-3-5-15(18)10-14/h3-5,10,13H,6-9,11-12H2,1-2H3,(H,23,24). The molecule has 1 aliphatic rings. The fourth-order valence-corrected chi connectivity index (χ4v) is 2.90. The van der Waals surface area contributed by atoms with E-state index in [0.29, 0.717) is 13.1 Å². The summed E-state index contributed by atoms with van der Waals surface area (Å²) in [5.41, 5.74) is 1.16. The van der Waals surface area contributed by atoms with E-state index in [1.807, 2.05) is 24.3 Å². The molecule has 1 heterocycles. The van der Waals surface area contributed by atoms with Crippen LogP contribution in [0.15, 0.2) is 24.3 Å². The molecule has 0 saturated carbocycles. The molecule has 1 amide bonds. The van der Waals surface area contributed by atoms with Crippen molar-refractivity contribution in [3.8, 4) is 0 Å². The molecule has 1 fully saturated rings. The van der Waals surface area contributed by atoms with Gasteiger partial charge in [-0.15, -0.1) is 0 Å². The predicted octanol–water partition coefficient (Wildman–Crippen LogP) is 1.39. The monoisotopic (exact) mass is 353 g/mol. The zero-order chi connectivity index (χ0) is 17.7. The maximum atomic E-state index is 12.3. The van der Waals surface area contributed by atoms with E-state index in [1.54, 1.807) is 23.8 Å². The second kappa shape index (κ2) is 8.46. The van der Waals surface area contributed by atoms with Crippen molar-refractivity contribution in [2.75, 3.05) is 39.8 Å². The first kappa shape index (κ1) is 18.7. The summed E-state index contributed by atoms with van der Waals surface area (Å²) < 4.78 is 0. The number of carbonyl (C=O) groups is 2. The number of halogens is 1. The quantitative estimate of drug-likeness (QED) is 0.837. The number of carbonyl (C=O) groups excluding carboxylic acids is 1. The summed E-state index contributed by atoms with van der Waals surface area (Å²) in [6, 6.07) is 7.14. The van der Waals surface area contributed by atoms with Crippen LogP contribution in [0.25, 0.3) is 0 Å². The van der Waals surface area contributed by atoms with Gasteiger partial charge in [0, 0.05) is 37.7 Å².